The molecule has 0 fully saturated rings. The van der Waals surface area contributed by atoms with E-state index in [0.29, 0.717) is 0 Å². The Morgan fingerprint density at radius 1 is 0.808 bits per heavy atom. The minimum Gasteiger partial charge on any atom is -0.140 e. The van der Waals surface area contributed by atoms with E-state index in [1.807, 2.05) is 23.5 Å². The number of fused-ring (bicyclic) bond motifs is 1. The van der Waals surface area contributed by atoms with Crippen LogP contribution in [0.2, 0.25) is 0 Å². The van der Waals surface area contributed by atoms with Crippen molar-refractivity contribution in [3.05, 3.63) is 102 Å². The summed E-state index contributed by atoms with van der Waals surface area (Å²) in [7, 11) is 0. The van der Waals surface area contributed by atoms with E-state index in [2.05, 4.69) is 92.4 Å². The summed E-state index contributed by atoms with van der Waals surface area (Å²) >= 11 is 1.85. The summed E-state index contributed by atoms with van der Waals surface area (Å²) in [6, 6.07) is 26.0. The third kappa shape index (κ3) is 3.02. The lowest BCUT2D eigenvalue weighted by Crippen LogP contribution is -1.85. The second kappa shape index (κ2) is 7.15. The van der Waals surface area contributed by atoms with Crippen molar-refractivity contribution in [1.29, 1.82) is 0 Å². The van der Waals surface area contributed by atoms with Crippen LogP contribution in [0.15, 0.2) is 91.5 Å². The zero-order valence-corrected chi connectivity index (χ0v) is 15.6. The highest BCUT2D eigenvalue weighted by molar-refractivity contribution is 7.19. The molecule has 1 aromatic heterocycles. The van der Waals surface area contributed by atoms with Gasteiger partial charge in [-0.25, -0.2) is 0 Å². The van der Waals surface area contributed by atoms with E-state index >= 15 is 0 Å². The molecular formula is C25H20S. The van der Waals surface area contributed by atoms with Crippen molar-refractivity contribution in [3.63, 3.8) is 0 Å². The van der Waals surface area contributed by atoms with Crippen molar-refractivity contribution < 1.29 is 0 Å². The van der Waals surface area contributed by atoms with Gasteiger partial charge in [-0.1, -0.05) is 85.5 Å². The Kier molecular flexibility index (Phi) is 4.55. The topological polar surface area (TPSA) is 0 Å². The van der Waals surface area contributed by atoms with E-state index in [9.17, 15) is 0 Å². The summed E-state index contributed by atoms with van der Waals surface area (Å²) in [6.07, 6.45) is 6.00. The van der Waals surface area contributed by atoms with Crippen LogP contribution in [0.3, 0.4) is 0 Å². The Balaban J connectivity index is 1.91. The van der Waals surface area contributed by atoms with E-state index in [1.165, 1.54) is 42.8 Å². The van der Waals surface area contributed by atoms with Gasteiger partial charge in [0.05, 0.1) is 0 Å². The molecule has 126 valence electrons. The number of benzene rings is 3. The molecule has 0 radical (unpaired) electrons. The first-order valence-corrected chi connectivity index (χ1v) is 9.56. The van der Waals surface area contributed by atoms with Crippen molar-refractivity contribution in [2.75, 3.05) is 0 Å². The maximum Gasteiger partial charge on any atom is 0.0352 e. The van der Waals surface area contributed by atoms with E-state index in [-0.39, 0.29) is 0 Å². The SMILES string of the molecule is C=C/C=C\c1c(C)sc2ccc(-c3ccccc3-c3ccccc3)cc12. The molecule has 3 aromatic carbocycles. The molecule has 4 aromatic rings. The summed E-state index contributed by atoms with van der Waals surface area (Å²) in [5.41, 5.74) is 6.33. The van der Waals surface area contributed by atoms with Gasteiger partial charge in [0.25, 0.3) is 0 Å². The first-order valence-electron chi connectivity index (χ1n) is 8.75. The highest BCUT2D eigenvalue weighted by Gasteiger charge is 2.11. The molecule has 0 aliphatic heterocycles. The summed E-state index contributed by atoms with van der Waals surface area (Å²) in [6.45, 7) is 5.98. The molecule has 0 spiro atoms. The maximum atomic E-state index is 3.80. The van der Waals surface area contributed by atoms with Gasteiger partial charge in [-0.05, 0) is 46.9 Å². The maximum absolute atomic E-state index is 3.80. The zero-order valence-electron chi connectivity index (χ0n) is 14.8. The van der Waals surface area contributed by atoms with Gasteiger partial charge >= 0.3 is 0 Å². The quantitative estimate of drug-likeness (QED) is 0.329. The van der Waals surface area contributed by atoms with Crippen LogP contribution in [0.4, 0.5) is 0 Å². The van der Waals surface area contributed by atoms with Gasteiger partial charge in [0.15, 0.2) is 0 Å². The van der Waals surface area contributed by atoms with Crippen molar-refractivity contribution in [1.82, 2.24) is 0 Å². The standard InChI is InChI=1S/C25H20S/c1-3-4-12-21-18(2)26-25-16-15-20(17-24(21)25)23-14-9-8-13-22(23)19-10-6-5-7-11-19/h3-17H,1H2,2H3/b12-4-. The molecule has 1 heteroatoms. The molecule has 0 saturated heterocycles. The number of allylic oxidation sites excluding steroid dienone is 2. The van der Waals surface area contributed by atoms with Gasteiger partial charge in [-0.15, -0.1) is 11.3 Å². The molecule has 0 N–H and O–H groups in total. The average Bonchev–Trinajstić information content (AvgIpc) is 3.01. The predicted molar refractivity (Wildman–Crippen MR) is 117 cm³/mol. The molecule has 0 aliphatic rings. The molecule has 0 saturated carbocycles. The van der Waals surface area contributed by atoms with Crippen LogP contribution in [0.25, 0.3) is 38.4 Å². The Morgan fingerprint density at radius 2 is 1.50 bits per heavy atom. The number of thiophene rings is 1. The number of aryl methyl sites for hydroxylation is 1. The fourth-order valence-electron chi connectivity index (χ4n) is 3.38. The smallest absolute Gasteiger partial charge is 0.0352 e. The molecule has 26 heavy (non-hydrogen) atoms. The number of hydrogen-bond donors (Lipinski definition) is 0. The van der Waals surface area contributed by atoms with E-state index in [4.69, 9.17) is 0 Å². The van der Waals surface area contributed by atoms with Crippen LogP contribution >= 0.6 is 11.3 Å². The van der Waals surface area contributed by atoms with Gasteiger partial charge < -0.3 is 0 Å². The first-order chi connectivity index (χ1) is 12.8. The minimum atomic E-state index is 1.25. The Labute approximate surface area is 158 Å². The largest absolute Gasteiger partial charge is 0.140 e. The number of hydrogen-bond acceptors (Lipinski definition) is 1. The molecule has 1 heterocycles. The van der Waals surface area contributed by atoms with Crippen LogP contribution in [0, 0.1) is 6.92 Å². The fraction of sp³-hybridized carbons (Fsp3) is 0.0400. The minimum absolute atomic E-state index is 1.25. The van der Waals surface area contributed by atoms with Crippen LogP contribution in [-0.2, 0) is 0 Å². The summed E-state index contributed by atoms with van der Waals surface area (Å²) in [5.74, 6) is 0. The highest BCUT2D eigenvalue weighted by Crippen LogP contribution is 2.37. The summed E-state index contributed by atoms with van der Waals surface area (Å²) < 4.78 is 1.33. The van der Waals surface area contributed by atoms with Crippen LogP contribution < -0.4 is 0 Å². The second-order valence-corrected chi connectivity index (χ2v) is 7.55. The van der Waals surface area contributed by atoms with Gasteiger partial charge in [-0.3, -0.25) is 0 Å². The monoisotopic (exact) mass is 352 g/mol. The Morgan fingerprint density at radius 3 is 2.23 bits per heavy atom. The Bertz CT molecular complexity index is 1100. The van der Waals surface area contributed by atoms with Crippen molar-refractivity contribution in [2.24, 2.45) is 0 Å². The summed E-state index contributed by atoms with van der Waals surface area (Å²) in [5, 5.41) is 1.31. The molecular weight excluding hydrogens is 332 g/mol. The highest BCUT2D eigenvalue weighted by atomic mass is 32.1. The first kappa shape index (κ1) is 16.6. The normalized spacial score (nSPS) is 11.3. The third-order valence-corrected chi connectivity index (χ3v) is 5.74. The Hall–Kier alpha value is -2.90. The zero-order chi connectivity index (χ0) is 17.9. The molecule has 0 bridgehead atoms. The van der Waals surface area contributed by atoms with Crippen LogP contribution in [-0.4, -0.2) is 0 Å². The predicted octanol–water partition coefficient (Wildman–Crippen LogP) is 7.74. The van der Waals surface area contributed by atoms with Gasteiger partial charge in [0.2, 0.25) is 0 Å². The van der Waals surface area contributed by atoms with Crippen molar-refractivity contribution in [3.8, 4) is 22.3 Å². The van der Waals surface area contributed by atoms with Crippen LogP contribution in [0.1, 0.15) is 10.4 Å². The van der Waals surface area contributed by atoms with E-state index < -0.39 is 0 Å². The molecule has 0 amide bonds. The molecule has 0 nitrogen and oxygen atoms in total. The lowest BCUT2D eigenvalue weighted by molar-refractivity contribution is 1.59. The number of rotatable bonds is 4. The molecule has 0 unspecified atom stereocenters. The summed E-state index contributed by atoms with van der Waals surface area (Å²) in [4.78, 5) is 1.34. The second-order valence-electron chi connectivity index (χ2n) is 6.29. The fourth-order valence-corrected chi connectivity index (χ4v) is 4.41. The van der Waals surface area contributed by atoms with E-state index in [1.54, 1.807) is 0 Å². The molecule has 4 rings (SSSR count). The van der Waals surface area contributed by atoms with Gasteiger partial charge in [0.1, 0.15) is 0 Å². The lowest BCUT2D eigenvalue weighted by atomic mass is 9.93. The molecule has 0 atom stereocenters. The van der Waals surface area contributed by atoms with Crippen LogP contribution in [0.5, 0.6) is 0 Å². The van der Waals surface area contributed by atoms with E-state index in [0.717, 1.165) is 0 Å². The van der Waals surface area contributed by atoms with Crippen molar-refractivity contribution >= 4 is 27.5 Å². The average molecular weight is 353 g/mol. The van der Waals surface area contributed by atoms with Crippen molar-refractivity contribution in [2.45, 2.75) is 6.92 Å². The van der Waals surface area contributed by atoms with Gasteiger partial charge in [-0.2, -0.15) is 0 Å². The third-order valence-electron chi connectivity index (χ3n) is 4.63. The lowest BCUT2D eigenvalue weighted by Gasteiger charge is -2.10. The van der Waals surface area contributed by atoms with Gasteiger partial charge in [0, 0.05) is 15.0 Å². The molecule has 0 aliphatic carbocycles.